The molecular formula is C17H27NO. The van der Waals surface area contributed by atoms with Gasteiger partial charge < -0.3 is 10.1 Å². The Morgan fingerprint density at radius 2 is 2.11 bits per heavy atom. The Morgan fingerprint density at radius 3 is 2.84 bits per heavy atom. The Kier molecular flexibility index (Phi) is 5.12. The largest absolute Gasteiger partial charge is 0.494 e. The standard InChI is InChI=1S/C17H27NO/c1-4-10-19-16-7-5-6-15(12-16)18-17-9-8-13(2)11-14(17)3/h5-7,12-14,17-18H,4,8-11H2,1-3H3. The predicted molar refractivity (Wildman–Crippen MR) is 81.8 cm³/mol. The summed E-state index contributed by atoms with van der Waals surface area (Å²) in [6.07, 6.45) is 5.01. The van der Waals surface area contributed by atoms with Gasteiger partial charge >= 0.3 is 0 Å². The fraction of sp³-hybridized carbons (Fsp3) is 0.647. The molecule has 3 unspecified atom stereocenters. The Bertz CT molecular complexity index is 391. The molecule has 106 valence electrons. The van der Waals surface area contributed by atoms with Crippen molar-refractivity contribution >= 4 is 5.69 Å². The zero-order valence-electron chi connectivity index (χ0n) is 12.5. The summed E-state index contributed by atoms with van der Waals surface area (Å²) in [6.45, 7) is 7.66. The highest BCUT2D eigenvalue weighted by atomic mass is 16.5. The maximum absolute atomic E-state index is 5.69. The molecule has 1 aliphatic rings. The summed E-state index contributed by atoms with van der Waals surface area (Å²) in [4.78, 5) is 0. The molecule has 0 aromatic heterocycles. The lowest BCUT2D eigenvalue weighted by Crippen LogP contribution is -2.32. The fourth-order valence-electron chi connectivity index (χ4n) is 2.99. The Morgan fingerprint density at radius 1 is 1.26 bits per heavy atom. The molecule has 0 saturated heterocycles. The quantitative estimate of drug-likeness (QED) is 0.828. The SMILES string of the molecule is CCCOc1cccc(NC2CCC(C)CC2C)c1. The lowest BCUT2D eigenvalue weighted by atomic mass is 9.80. The molecule has 1 saturated carbocycles. The third-order valence-corrected chi connectivity index (χ3v) is 4.09. The van der Waals surface area contributed by atoms with Gasteiger partial charge in [-0.2, -0.15) is 0 Å². The molecule has 1 aliphatic carbocycles. The number of benzene rings is 1. The van der Waals surface area contributed by atoms with Crippen LogP contribution in [0.5, 0.6) is 5.75 Å². The summed E-state index contributed by atoms with van der Waals surface area (Å²) in [7, 11) is 0. The van der Waals surface area contributed by atoms with Crippen LogP contribution in [0.15, 0.2) is 24.3 Å². The fourth-order valence-corrected chi connectivity index (χ4v) is 2.99. The highest BCUT2D eigenvalue weighted by Crippen LogP contribution is 2.31. The van der Waals surface area contributed by atoms with E-state index in [1.54, 1.807) is 0 Å². The van der Waals surface area contributed by atoms with Crippen LogP contribution in [0.2, 0.25) is 0 Å². The number of rotatable bonds is 5. The molecule has 0 spiro atoms. The maximum atomic E-state index is 5.69. The number of hydrogen-bond donors (Lipinski definition) is 1. The molecule has 19 heavy (non-hydrogen) atoms. The molecule has 1 aromatic carbocycles. The van der Waals surface area contributed by atoms with E-state index in [4.69, 9.17) is 4.74 Å². The van der Waals surface area contributed by atoms with Gasteiger partial charge in [-0.15, -0.1) is 0 Å². The van der Waals surface area contributed by atoms with Gasteiger partial charge in [-0.05, 0) is 49.7 Å². The Balaban J connectivity index is 1.94. The van der Waals surface area contributed by atoms with Crippen molar-refractivity contribution in [3.05, 3.63) is 24.3 Å². The number of hydrogen-bond acceptors (Lipinski definition) is 2. The summed E-state index contributed by atoms with van der Waals surface area (Å²) in [6, 6.07) is 8.98. The van der Waals surface area contributed by atoms with Gasteiger partial charge in [0.1, 0.15) is 5.75 Å². The first-order chi connectivity index (χ1) is 9.19. The second kappa shape index (κ2) is 6.83. The van der Waals surface area contributed by atoms with E-state index in [0.717, 1.165) is 30.6 Å². The molecule has 0 bridgehead atoms. The normalized spacial score (nSPS) is 27.0. The number of nitrogens with one attached hydrogen (secondary N) is 1. The summed E-state index contributed by atoms with van der Waals surface area (Å²) in [5.74, 6) is 2.61. The first-order valence-corrected chi connectivity index (χ1v) is 7.68. The van der Waals surface area contributed by atoms with E-state index in [9.17, 15) is 0 Å². The van der Waals surface area contributed by atoms with Crippen LogP contribution in [-0.2, 0) is 0 Å². The van der Waals surface area contributed by atoms with E-state index in [2.05, 4.69) is 44.3 Å². The van der Waals surface area contributed by atoms with Gasteiger partial charge in [0, 0.05) is 17.8 Å². The topological polar surface area (TPSA) is 21.3 Å². The zero-order valence-corrected chi connectivity index (χ0v) is 12.5. The smallest absolute Gasteiger partial charge is 0.121 e. The molecule has 0 aliphatic heterocycles. The van der Waals surface area contributed by atoms with E-state index in [0.29, 0.717) is 6.04 Å². The summed E-state index contributed by atoms with van der Waals surface area (Å²) >= 11 is 0. The molecule has 0 heterocycles. The van der Waals surface area contributed by atoms with Crippen LogP contribution in [0.25, 0.3) is 0 Å². The van der Waals surface area contributed by atoms with Crippen LogP contribution in [0.1, 0.15) is 46.5 Å². The summed E-state index contributed by atoms with van der Waals surface area (Å²) in [5.41, 5.74) is 1.19. The molecular weight excluding hydrogens is 234 g/mol. The third kappa shape index (κ3) is 4.15. The predicted octanol–water partition coefficient (Wildman–Crippen LogP) is 4.71. The second-order valence-corrected chi connectivity index (χ2v) is 6.02. The first kappa shape index (κ1) is 14.2. The minimum atomic E-state index is 0.609. The maximum Gasteiger partial charge on any atom is 0.121 e. The molecule has 0 radical (unpaired) electrons. The molecule has 1 aromatic rings. The molecule has 2 nitrogen and oxygen atoms in total. The van der Waals surface area contributed by atoms with Gasteiger partial charge in [-0.3, -0.25) is 0 Å². The van der Waals surface area contributed by atoms with Crippen molar-refractivity contribution in [2.24, 2.45) is 11.8 Å². The molecule has 2 heteroatoms. The average molecular weight is 261 g/mol. The molecule has 0 amide bonds. The highest BCUT2D eigenvalue weighted by Gasteiger charge is 2.25. The van der Waals surface area contributed by atoms with Crippen molar-refractivity contribution in [1.29, 1.82) is 0 Å². The van der Waals surface area contributed by atoms with Crippen molar-refractivity contribution in [3.8, 4) is 5.75 Å². The molecule has 2 rings (SSSR count). The van der Waals surface area contributed by atoms with Crippen molar-refractivity contribution in [3.63, 3.8) is 0 Å². The lowest BCUT2D eigenvalue weighted by molar-refractivity contribution is 0.276. The van der Waals surface area contributed by atoms with Gasteiger partial charge in [0.05, 0.1) is 6.61 Å². The van der Waals surface area contributed by atoms with Crippen molar-refractivity contribution < 1.29 is 4.74 Å². The Labute approximate surface area is 117 Å². The van der Waals surface area contributed by atoms with Gasteiger partial charge in [-0.25, -0.2) is 0 Å². The minimum Gasteiger partial charge on any atom is -0.494 e. The van der Waals surface area contributed by atoms with Crippen LogP contribution in [-0.4, -0.2) is 12.6 Å². The van der Waals surface area contributed by atoms with Gasteiger partial charge in [0.15, 0.2) is 0 Å². The minimum absolute atomic E-state index is 0.609. The lowest BCUT2D eigenvalue weighted by Gasteiger charge is -2.33. The van der Waals surface area contributed by atoms with Gasteiger partial charge in [0.2, 0.25) is 0 Å². The summed E-state index contributed by atoms with van der Waals surface area (Å²) < 4.78 is 5.69. The van der Waals surface area contributed by atoms with E-state index in [1.165, 1.54) is 24.9 Å². The van der Waals surface area contributed by atoms with Gasteiger partial charge in [0.25, 0.3) is 0 Å². The van der Waals surface area contributed by atoms with Crippen LogP contribution in [0, 0.1) is 11.8 Å². The number of ether oxygens (including phenoxy) is 1. The molecule has 1 N–H and O–H groups in total. The molecule has 3 atom stereocenters. The number of anilines is 1. The zero-order chi connectivity index (χ0) is 13.7. The van der Waals surface area contributed by atoms with Crippen LogP contribution in [0.3, 0.4) is 0 Å². The van der Waals surface area contributed by atoms with E-state index < -0.39 is 0 Å². The van der Waals surface area contributed by atoms with Crippen LogP contribution < -0.4 is 10.1 Å². The van der Waals surface area contributed by atoms with Crippen molar-refractivity contribution in [1.82, 2.24) is 0 Å². The van der Waals surface area contributed by atoms with E-state index in [1.807, 2.05) is 6.07 Å². The molecule has 1 fully saturated rings. The summed E-state index contributed by atoms with van der Waals surface area (Å²) in [5, 5.41) is 3.69. The van der Waals surface area contributed by atoms with Crippen molar-refractivity contribution in [2.45, 2.75) is 52.5 Å². The Hall–Kier alpha value is -1.18. The second-order valence-electron chi connectivity index (χ2n) is 6.02. The van der Waals surface area contributed by atoms with E-state index in [-0.39, 0.29) is 0 Å². The van der Waals surface area contributed by atoms with E-state index >= 15 is 0 Å². The van der Waals surface area contributed by atoms with Gasteiger partial charge in [-0.1, -0.05) is 26.8 Å². The van der Waals surface area contributed by atoms with Crippen LogP contribution >= 0.6 is 0 Å². The van der Waals surface area contributed by atoms with Crippen LogP contribution in [0.4, 0.5) is 5.69 Å². The van der Waals surface area contributed by atoms with Crippen molar-refractivity contribution in [2.75, 3.05) is 11.9 Å². The third-order valence-electron chi connectivity index (χ3n) is 4.09. The average Bonchev–Trinajstić information content (AvgIpc) is 2.40. The highest BCUT2D eigenvalue weighted by molar-refractivity contribution is 5.49. The monoisotopic (exact) mass is 261 g/mol. The first-order valence-electron chi connectivity index (χ1n) is 7.68.